The minimum atomic E-state index is -3.68. The van der Waals surface area contributed by atoms with Gasteiger partial charge >= 0.3 is 0 Å². The van der Waals surface area contributed by atoms with E-state index in [2.05, 4.69) is 14.8 Å². The number of hydrogen-bond acceptors (Lipinski definition) is 8. The summed E-state index contributed by atoms with van der Waals surface area (Å²) < 4.78 is 38.5. The van der Waals surface area contributed by atoms with Crippen LogP contribution in [0.4, 0.5) is 11.8 Å². The number of ether oxygens (including phenoxy) is 2. The number of aromatic nitrogens is 2. The number of sulfonamides is 1. The zero-order chi connectivity index (χ0) is 22.0. The van der Waals surface area contributed by atoms with E-state index in [-0.39, 0.29) is 10.6 Å². The van der Waals surface area contributed by atoms with Crippen LogP contribution in [-0.2, 0) is 10.0 Å². The molecular weight excluding hydrogens is 418 g/mol. The quantitative estimate of drug-likeness (QED) is 0.664. The molecule has 2 aliphatic heterocycles. The van der Waals surface area contributed by atoms with Crippen LogP contribution in [0.3, 0.4) is 0 Å². The van der Waals surface area contributed by atoms with E-state index >= 15 is 0 Å². The number of rotatable bonds is 6. The van der Waals surface area contributed by atoms with Crippen molar-refractivity contribution in [3.05, 3.63) is 30.0 Å². The van der Waals surface area contributed by atoms with Crippen molar-refractivity contribution >= 4 is 21.8 Å². The molecule has 2 saturated heterocycles. The molecule has 10 heteroatoms. The van der Waals surface area contributed by atoms with Crippen LogP contribution < -0.4 is 19.3 Å². The van der Waals surface area contributed by atoms with Crippen LogP contribution in [0, 0.1) is 6.92 Å². The SMILES string of the molecule is COc1ccc(S(=O)(=O)N2CCN(c3cc(C)nc(N4CCCC4)n3)CC2)c(OC)c1. The van der Waals surface area contributed by atoms with Crippen LogP contribution in [0.5, 0.6) is 11.5 Å². The molecule has 1 aromatic carbocycles. The van der Waals surface area contributed by atoms with Crippen LogP contribution in [0.2, 0.25) is 0 Å². The van der Waals surface area contributed by atoms with Gasteiger partial charge in [0.25, 0.3) is 0 Å². The fraction of sp³-hybridized carbons (Fsp3) is 0.524. The summed E-state index contributed by atoms with van der Waals surface area (Å²) in [4.78, 5) is 13.9. The molecule has 0 aliphatic carbocycles. The largest absolute Gasteiger partial charge is 0.497 e. The van der Waals surface area contributed by atoms with Crippen molar-refractivity contribution in [3.8, 4) is 11.5 Å². The third-order valence-electron chi connectivity index (χ3n) is 5.77. The van der Waals surface area contributed by atoms with Crippen molar-refractivity contribution in [2.24, 2.45) is 0 Å². The first-order valence-corrected chi connectivity index (χ1v) is 11.9. The monoisotopic (exact) mass is 447 g/mol. The van der Waals surface area contributed by atoms with E-state index in [0.717, 1.165) is 43.4 Å². The lowest BCUT2D eigenvalue weighted by Gasteiger charge is -2.35. The summed E-state index contributed by atoms with van der Waals surface area (Å²) in [5.41, 5.74) is 0.921. The second kappa shape index (κ2) is 8.88. The van der Waals surface area contributed by atoms with Crippen molar-refractivity contribution in [3.63, 3.8) is 0 Å². The Kier molecular flexibility index (Phi) is 6.19. The minimum absolute atomic E-state index is 0.151. The maximum absolute atomic E-state index is 13.2. The predicted octanol–water partition coefficient (Wildman–Crippen LogP) is 1.91. The molecule has 0 amide bonds. The van der Waals surface area contributed by atoms with Gasteiger partial charge in [-0.2, -0.15) is 9.29 Å². The van der Waals surface area contributed by atoms with Crippen molar-refractivity contribution in [1.29, 1.82) is 0 Å². The Morgan fingerprint density at radius 2 is 1.58 bits per heavy atom. The van der Waals surface area contributed by atoms with Crippen molar-refractivity contribution in [2.75, 3.05) is 63.3 Å². The molecule has 0 N–H and O–H groups in total. The van der Waals surface area contributed by atoms with E-state index < -0.39 is 10.0 Å². The molecule has 2 fully saturated rings. The first-order valence-electron chi connectivity index (χ1n) is 10.5. The van der Waals surface area contributed by atoms with Crippen molar-refractivity contribution in [2.45, 2.75) is 24.7 Å². The molecular formula is C21H29N5O4S. The fourth-order valence-electron chi connectivity index (χ4n) is 4.04. The highest BCUT2D eigenvalue weighted by atomic mass is 32.2. The summed E-state index contributed by atoms with van der Waals surface area (Å²) in [6.07, 6.45) is 2.33. The molecule has 9 nitrogen and oxygen atoms in total. The second-order valence-corrected chi connectivity index (χ2v) is 9.68. The number of methoxy groups -OCH3 is 2. The van der Waals surface area contributed by atoms with Crippen LogP contribution in [0.15, 0.2) is 29.2 Å². The Balaban J connectivity index is 1.50. The molecule has 0 spiro atoms. The van der Waals surface area contributed by atoms with E-state index in [9.17, 15) is 8.42 Å². The summed E-state index contributed by atoms with van der Waals surface area (Å²) in [6, 6.07) is 6.73. The number of piperazine rings is 1. The van der Waals surface area contributed by atoms with E-state index in [0.29, 0.717) is 31.9 Å². The van der Waals surface area contributed by atoms with Gasteiger partial charge < -0.3 is 19.3 Å². The van der Waals surface area contributed by atoms with Gasteiger partial charge in [-0.25, -0.2) is 13.4 Å². The molecule has 1 aromatic heterocycles. The summed E-state index contributed by atoms with van der Waals surface area (Å²) in [7, 11) is -0.686. The highest BCUT2D eigenvalue weighted by Gasteiger charge is 2.31. The topological polar surface area (TPSA) is 88.1 Å². The normalized spacial score (nSPS) is 17.8. The van der Waals surface area contributed by atoms with Crippen LogP contribution in [0.25, 0.3) is 0 Å². The van der Waals surface area contributed by atoms with Crippen LogP contribution in [-0.4, -0.2) is 76.2 Å². The second-order valence-electron chi connectivity index (χ2n) is 7.77. The lowest BCUT2D eigenvalue weighted by Crippen LogP contribution is -2.49. The van der Waals surface area contributed by atoms with Crippen LogP contribution >= 0.6 is 0 Å². The molecule has 4 rings (SSSR count). The highest BCUT2D eigenvalue weighted by molar-refractivity contribution is 7.89. The van der Waals surface area contributed by atoms with Gasteiger partial charge in [-0.05, 0) is 31.9 Å². The molecule has 168 valence electrons. The molecule has 0 radical (unpaired) electrons. The van der Waals surface area contributed by atoms with Gasteiger partial charge in [-0.3, -0.25) is 0 Å². The molecule has 31 heavy (non-hydrogen) atoms. The van der Waals surface area contributed by atoms with Gasteiger partial charge in [-0.1, -0.05) is 0 Å². The number of hydrogen-bond donors (Lipinski definition) is 0. The Morgan fingerprint density at radius 3 is 2.23 bits per heavy atom. The molecule has 0 unspecified atom stereocenters. The van der Waals surface area contributed by atoms with Gasteiger partial charge in [0.1, 0.15) is 22.2 Å². The lowest BCUT2D eigenvalue weighted by molar-refractivity contribution is 0.369. The van der Waals surface area contributed by atoms with Gasteiger partial charge in [0.2, 0.25) is 16.0 Å². The first-order chi connectivity index (χ1) is 14.9. The van der Waals surface area contributed by atoms with Gasteiger partial charge in [0.05, 0.1) is 14.2 Å². The average Bonchev–Trinajstić information content (AvgIpc) is 3.33. The number of benzene rings is 1. The first kappa shape index (κ1) is 21.6. The predicted molar refractivity (Wildman–Crippen MR) is 119 cm³/mol. The van der Waals surface area contributed by atoms with Crippen LogP contribution in [0.1, 0.15) is 18.5 Å². The third-order valence-corrected chi connectivity index (χ3v) is 7.71. The summed E-state index contributed by atoms with van der Waals surface area (Å²) in [5, 5.41) is 0. The molecule has 0 atom stereocenters. The Bertz CT molecular complexity index is 1030. The number of aryl methyl sites for hydroxylation is 1. The average molecular weight is 448 g/mol. The third kappa shape index (κ3) is 4.40. The minimum Gasteiger partial charge on any atom is -0.497 e. The maximum atomic E-state index is 13.2. The molecule has 0 saturated carbocycles. The fourth-order valence-corrected chi connectivity index (χ4v) is 5.60. The molecule has 3 heterocycles. The van der Waals surface area contributed by atoms with E-state index in [1.54, 1.807) is 12.1 Å². The standard InChI is InChI=1S/C21H29N5O4S/c1-16-14-20(23-21(22-16)25-8-4-5-9-25)24-10-12-26(13-11-24)31(27,28)19-7-6-17(29-2)15-18(19)30-3/h6-7,14-15H,4-5,8-13H2,1-3H3. The number of anilines is 2. The lowest BCUT2D eigenvalue weighted by atomic mass is 10.3. The number of nitrogens with zero attached hydrogens (tertiary/aromatic N) is 5. The highest BCUT2D eigenvalue weighted by Crippen LogP contribution is 2.31. The Labute approximate surface area is 183 Å². The van der Waals surface area contributed by atoms with Gasteiger partial charge in [0, 0.05) is 57.1 Å². The summed E-state index contributed by atoms with van der Waals surface area (Å²) in [5.74, 6) is 2.45. The van der Waals surface area contributed by atoms with E-state index in [1.165, 1.54) is 24.6 Å². The van der Waals surface area contributed by atoms with Crippen molar-refractivity contribution < 1.29 is 17.9 Å². The molecule has 0 bridgehead atoms. The maximum Gasteiger partial charge on any atom is 0.246 e. The smallest absolute Gasteiger partial charge is 0.246 e. The summed E-state index contributed by atoms with van der Waals surface area (Å²) >= 11 is 0. The van der Waals surface area contributed by atoms with Gasteiger partial charge in [0.15, 0.2) is 0 Å². The summed E-state index contributed by atoms with van der Waals surface area (Å²) in [6.45, 7) is 5.82. The molecule has 2 aliphatic rings. The van der Waals surface area contributed by atoms with Gasteiger partial charge in [-0.15, -0.1) is 0 Å². The van der Waals surface area contributed by atoms with Crippen molar-refractivity contribution in [1.82, 2.24) is 14.3 Å². The Hall–Kier alpha value is -2.59. The van der Waals surface area contributed by atoms with E-state index in [1.807, 2.05) is 13.0 Å². The zero-order valence-electron chi connectivity index (χ0n) is 18.2. The zero-order valence-corrected chi connectivity index (χ0v) is 19.1. The Morgan fingerprint density at radius 1 is 0.871 bits per heavy atom. The molecule has 2 aromatic rings. The van der Waals surface area contributed by atoms with E-state index in [4.69, 9.17) is 14.5 Å².